The third-order valence-electron chi connectivity index (χ3n) is 6.70. The monoisotopic (exact) mass is 425 g/mol. The lowest BCUT2D eigenvalue weighted by Gasteiger charge is -2.43. The Kier molecular flexibility index (Phi) is 5.77. The van der Waals surface area contributed by atoms with Gasteiger partial charge in [0.25, 0.3) is 0 Å². The van der Waals surface area contributed by atoms with E-state index in [0.29, 0.717) is 0 Å². The second-order valence-electron chi connectivity index (χ2n) is 8.48. The van der Waals surface area contributed by atoms with E-state index in [1.54, 1.807) is 7.11 Å². The van der Waals surface area contributed by atoms with Gasteiger partial charge in [0.1, 0.15) is 5.75 Å². The van der Waals surface area contributed by atoms with E-state index in [2.05, 4.69) is 98.4 Å². The lowest BCUT2D eigenvalue weighted by molar-refractivity contribution is 0.172. The molecule has 6 nitrogen and oxygen atoms in total. The molecule has 0 unspecified atom stereocenters. The SMILES string of the molecule is COc1cccc(C2(c3ccc(C4N=NN=N4)cc3)CCN(Cc3ccccc3)CC2)c1. The van der Waals surface area contributed by atoms with Gasteiger partial charge in [0.2, 0.25) is 6.17 Å². The van der Waals surface area contributed by atoms with Gasteiger partial charge >= 0.3 is 0 Å². The molecule has 2 heterocycles. The number of ether oxygens (including phenoxy) is 1. The highest BCUT2D eigenvalue weighted by Gasteiger charge is 2.38. The van der Waals surface area contributed by atoms with Crippen molar-refractivity contribution in [2.75, 3.05) is 20.2 Å². The lowest BCUT2D eigenvalue weighted by atomic mass is 9.68. The quantitative estimate of drug-likeness (QED) is 0.478. The summed E-state index contributed by atoms with van der Waals surface area (Å²) in [5, 5.41) is 15.4. The molecule has 0 aromatic heterocycles. The highest BCUT2D eigenvalue weighted by atomic mass is 16.5. The largest absolute Gasteiger partial charge is 0.497 e. The van der Waals surface area contributed by atoms with Crippen LogP contribution in [0.3, 0.4) is 0 Å². The minimum Gasteiger partial charge on any atom is -0.497 e. The molecule has 6 heteroatoms. The number of hydrogen-bond donors (Lipinski definition) is 0. The topological polar surface area (TPSA) is 61.9 Å². The standard InChI is InChI=1S/C26H27N5O/c1-32-24-9-5-8-23(18-24)26(22-12-10-21(11-13-22)25-27-29-30-28-25)14-16-31(17-15-26)19-20-6-3-2-4-7-20/h2-13,18,25H,14-17,19H2,1H3. The predicted molar refractivity (Wildman–Crippen MR) is 124 cm³/mol. The number of piperidine rings is 1. The first kappa shape index (κ1) is 20.5. The summed E-state index contributed by atoms with van der Waals surface area (Å²) in [6, 6.07) is 27.9. The van der Waals surface area contributed by atoms with Gasteiger partial charge in [-0.05, 0) is 65.2 Å². The van der Waals surface area contributed by atoms with Crippen molar-refractivity contribution >= 4 is 0 Å². The van der Waals surface area contributed by atoms with E-state index in [9.17, 15) is 0 Å². The number of likely N-dealkylation sites (tertiary alicyclic amines) is 1. The number of nitrogens with zero attached hydrogens (tertiary/aromatic N) is 5. The van der Waals surface area contributed by atoms with Crippen LogP contribution in [0.25, 0.3) is 0 Å². The van der Waals surface area contributed by atoms with Crippen LogP contribution in [-0.2, 0) is 12.0 Å². The van der Waals surface area contributed by atoms with Crippen molar-refractivity contribution in [2.24, 2.45) is 20.7 Å². The van der Waals surface area contributed by atoms with Crippen LogP contribution in [0.1, 0.15) is 41.3 Å². The predicted octanol–water partition coefficient (Wildman–Crippen LogP) is 6.11. The maximum atomic E-state index is 5.56. The summed E-state index contributed by atoms with van der Waals surface area (Å²) in [6.07, 6.45) is 1.79. The smallest absolute Gasteiger partial charge is 0.210 e. The zero-order valence-electron chi connectivity index (χ0n) is 18.3. The molecule has 162 valence electrons. The van der Waals surface area contributed by atoms with Gasteiger partial charge in [-0.3, -0.25) is 4.90 Å². The highest BCUT2D eigenvalue weighted by Crippen LogP contribution is 2.43. The van der Waals surface area contributed by atoms with E-state index in [0.717, 1.165) is 43.8 Å². The molecule has 0 N–H and O–H groups in total. The van der Waals surface area contributed by atoms with Crippen LogP contribution in [0.2, 0.25) is 0 Å². The molecule has 1 saturated heterocycles. The van der Waals surface area contributed by atoms with Crippen molar-refractivity contribution in [3.63, 3.8) is 0 Å². The van der Waals surface area contributed by atoms with Crippen molar-refractivity contribution < 1.29 is 4.74 Å². The number of rotatable bonds is 6. The fourth-order valence-electron chi connectivity index (χ4n) is 4.87. The summed E-state index contributed by atoms with van der Waals surface area (Å²) in [4.78, 5) is 2.56. The third kappa shape index (κ3) is 4.06. The summed E-state index contributed by atoms with van der Waals surface area (Å²) in [5.41, 5.74) is 4.95. The zero-order chi connectivity index (χ0) is 21.8. The number of hydrogen-bond acceptors (Lipinski definition) is 6. The van der Waals surface area contributed by atoms with Gasteiger partial charge in [-0.15, -0.1) is 10.2 Å². The second-order valence-corrected chi connectivity index (χ2v) is 8.48. The Balaban J connectivity index is 1.44. The van der Waals surface area contributed by atoms with Crippen LogP contribution in [-0.4, -0.2) is 25.1 Å². The lowest BCUT2D eigenvalue weighted by Crippen LogP contribution is -2.43. The molecule has 3 aromatic carbocycles. The molecule has 2 aliphatic rings. The summed E-state index contributed by atoms with van der Waals surface area (Å²) < 4.78 is 5.56. The Hall–Kier alpha value is -3.38. The molecule has 0 amide bonds. The van der Waals surface area contributed by atoms with E-state index in [4.69, 9.17) is 4.74 Å². The molecule has 0 aliphatic carbocycles. The zero-order valence-corrected chi connectivity index (χ0v) is 18.3. The van der Waals surface area contributed by atoms with Crippen LogP contribution in [0.15, 0.2) is 99.5 Å². The summed E-state index contributed by atoms with van der Waals surface area (Å²) in [7, 11) is 1.73. The summed E-state index contributed by atoms with van der Waals surface area (Å²) >= 11 is 0. The summed E-state index contributed by atoms with van der Waals surface area (Å²) in [5.74, 6) is 0.900. The van der Waals surface area contributed by atoms with E-state index in [-0.39, 0.29) is 11.6 Å². The van der Waals surface area contributed by atoms with Crippen LogP contribution in [0.5, 0.6) is 5.75 Å². The maximum absolute atomic E-state index is 5.56. The number of benzene rings is 3. The fourth-order valence-corrected chi connectivity index (χ4v) is 4.87. The Bertz CT molecular complexity index is 1090. The highest BCUT2D eigenvalue weighted by molar-refractivity contribution is 5.44. The molecular formula is C26H27N5O. The summed E-state index contributed by atoms with van der Waals surface area (Å²) in [6.45, 7) is 3.07. The van der Waals surface area contributed by atoms with Gasteiger partial charge in [0, 0.05) is 17.5 Å². The molecular weight excluding hydrogens is 398 g/mol. The maximum Gasteiger partial charge on any atom is 0.210 e. The average Bonchev–Trinajstić information content (AvgIpc) is 3.41. The average molecular weight is 426 g/mol. The van der Waals surface area contributed by atoms with Gasteiger partial charge in [0.05, 0.1) is 7.11 Å². The molecule has 0 saturated carbocycles. The first-order valence-corrected chi connectivity index (χ1v) is 11.1. The Morgan fingerprint density at radius 3 is 2.25 bits per heavy atom. The van der Waals surface area contributed by atoms with Crippen molar-refractivity contribution in [1.82, 2.24) is 4.90 Å². The Morgan fingerprint density at radius 1 is 0.844 bits per heavy atom. The van der Waals surface area contributed by atoms with Gasteiger partial charge in [-0.2, -0.15) is 0 Å². The molecule has 32 heavy (non-hydrogen) atoms. The minimum atomic E-state index is -0.315. The van der Waals surface area contributed by atoms with Crippen molar-refractivity contribution in [3.8, 4) is 5.75 Å². The molecule has 0 spiro atoms. The molecule has 1 fully saturated rings. The van der Waals surface area contributed by atoms with Crippen LogP contribution < -0.4 is 4.74 Å². The van der Waals surface area contributed by atoms with Crippen molar-refractivity contribution in [3.05, 3.63) is 101 Å². The first-order valence-electron chi connectivity index (χ1n) is 11.1. The Labute approximate surface area is 188 Å². The second kappa shape index (κ2) is 9.01. The first-order chi connectivity index (χ1) is 15.8. The molecule has 0 radical (unpaired) electrons. The molecule has 0 bridgehead atoms. The van der Waals surface area contributed by atoms with Crippen molar-refractivity contribution in [2.45, 2.75) is 31.0 Å². The van der Waals surface area contributed by atoms with Crippen LogP contribution in [0.4, 0.5) is 0 Å². The van der Waals surface area contributed by atoms with Gasteiger partial charge in [-0.1, -0.05) is 66.7 Å². The van der Waals surface area contributed by atoms with Gasteiger partial charge < -0.3 is 4.74 Å². The third-order valence-corrected chi connectivity index (χ3v) is 6.70. The minimum absolute atomic E-state index is 0.0566. The normalized spacial score (nSPS) is 18.2. The van der Waals surface area contributed by atoms with Crippen LogP contribution in [0, 0.1) is 0 Å². The van der Waals surface area contributed by atoms with Crippen molar-refractivity contribution in [1.29, 1.82) is 0 Å². The van der Waals surface area contributed by atoms with E-state index in [1.807, 2.05) is 6.07 Å². The van der Waals surface area contributed by atoms with E-state index in [1.165, 1.54) is 16.7 Å². The molecule has 5 rings (SSSR count). The molecule has 3 aromatic rings. The number of methoxy groups -OCH3 is 1. The van der Waals surface area contributed by atoms with E-state index >= 15 is 0 Å². The fraction of sp³-hybridized carbons (Fsp3) is 0.308. The van der Waals surface area contributed by atoms with E-state index < -0.39 is 0 Å². The Morgan fingerprint density at radius 2 is 1.56 bits per heavy atom. The molecule has 2 aliphatic heterocycles. The van der Waals surface area contributed by atoms with Gasteiger partial charge in [0.15, 0.2) is 0 Å². The molecule has 0 atom stereocenters. The van der Waals surface area contributed by atoms with Gasteiger partial charge in [-0.25, -0.2) is 0 Å². The van der Waals surface area contributed by atoms with Crippen LogP contribution >= 0.6 is 0 Å².